The van der Waals surface area contributed by atoms with Crippen LogP contribution in [0.1, 0.15) is 15.9 Å². The summed E-state index contributed by atoms with van der Waals surface area (Å²) in [6.45, 7) is 3.48. The number of esters is 1. The Balaban J connectivity index is 3.06. The number of carbonyl (C=O) groups excluding carboxylic acids is 1. The summed E-state index contributed by atoms with van der Waals surface area (Å²) >= 11 is 3.32. The molecular formula is C11H11BrO3. The smallest absolute Gasteiger partial charge is 0.337 e. The third-order valence-electron chi connectivity index (χ3n) is 1.84. The Kier molecular flexibility index (Phi) is 4.37. The van der Waals surface area contributed by atoms with Gasteiger partial charge < -0.3 is 9.47 Å². The fourth-order valence-corrected chi connectivity index (χ4v) is 1.57. The largest absolute Gasteiger partial charge is 0.465 e. The zero-order chi connectivity index (χ0) is 11.3. The van der Waals surface area contributed by atoms with Gasteiger partial charge in [-0.25, -0.2) is 4.79 Å². The Bertz CT molecular complexity index is 374. The molecule has 0 aliphatic heterocycles. The second kappa shape index (κ2) is 5.56. The maximum Gasteiger partial charge on any atom is 0.337 e. The van der Waals surface area contributed by atoms with E-state index in [-0.39, 0.29) is 5.97 Å². The van der Waals surface area contributed by atoms with E-state index in [1.54, 1.807) is 18.2 Å². The Morgan fingerprint density at radius 3 is 2.87 bits per heavy atom. The first-order valence-corrected chi connectivity index (χ1v) is 5.39. The van der Waals surface area contributed by atoms with Gasteiger partial charge in [0.15, 0.2) is 0 Å². The summed E-state index contributed by atoms with van der Waals surface area (Å²) in [6, 6.07) is 5.08. The van der Waals surface area contributed by atoms with Gasteiger partial charge in [0.05, 0.1) is 18.9 Å². The quantitative estimate of drug-likeness (QED) is 0.480. The maximum absolute atomic E-state index is 11.3. The van der Waals surface area contributed by atoms with Crippen molar-refractivity contribution in [1.82, 2.24) is 0 Å². The number of carbonyl (C=O) groups is 1. The summed E-state index contributed by atoms with van der Waals surface area (Å²) in [4.78, 5) is 11.3. The Labute approximate surface area is 96.8 Å². The van der Waals surface area contributed by atoms with E-state index in [4.69, 9.17) is 4.74 Å². The number of methoxy groups -OCH3 is 1. The fourth-order valence-electron chi connectivity index (χ4n) is 1.13. The molecule has 0 fully saturated rings. The molecule has 0 saturated carbocycles. The van der Waals surface area contributed by atoms with Crippen molar-refractivity contribution in [1.29, 1.82) is 0 Å². The molecule has 15 heavy (non-hydrogen) atoms. The molecule has 0 aliphatic rings. The molecule has 0 atom stereocenters. The highest BCUT2D eigenvalue weighted by Gasteiger charge is 2.09. The van der Waals surface area contributed by atoms with E-state index < -0.39 is 0 Å². The van der Waals surface area contributed by atoms with Gasteiger partial charge >= 0.3 is 5.97 Å². The minimum atomic E-state index is -0.359. The van der Waals surface area contributed by atoms with Gasteiger partial charge in [-0.15, -0.1) is 0 Å². The van der Waals surface area contributed by atoms with Crippen molar-refractivity contribution >= 4 is 21.9 Å². The molecule has 1 rings (SSSR count). The van der Waals surface area contributed by atoms with E-state index in [0.29, 0.717) is 16.6 Å². The summed E-state index contributed by atoms with van der Waals surface area (Å²) in [5.74, 6) is 0.317. The third-order valence-corrected chi connectivity index (χ3v) is 2.44. The summed E-state index contributed by atoms with van der Waals surface area (Å²) in [7, 11) is 1.35. The average molecular weight is 271 g/mol. The molecule has 0 amide bonds. The standard InChI is InChI=1S/C11H11BrO3/c1-3-15-10-5-4-8(11(13)14-2)6-9(10)7-12/h3-6H,1,7H2,2H3. The van der Waals surface area contributed by atoms with Crippen LogP contribution < -0.4 is 4.74 Å². The van der Waals surface area contributed by atoms with Crippen LogP contribution in [0.5, 0.6) is 5.75 Å². The second-order valence-electron chi connectivity index (χ2n) is 2.73. The first-order chi connectivity index (χ1) is 7.22. The van der Waals surface area contributed by atoms with Crippen molar-refractivity contribution in [3.05, 3.63) is 42.2 Å². The van der Waals surface area contributed by atoms with Gasteiger partial charge in [-0.05, 0) is 18.2 Å². The lowest BCUT2D eigenvalue weighted by atomic mass is 10.1. The molecule has 1 aromatic rings. The fraction of sp³-hybridized carbons (Fsp3) is 0.182. The first-order valence-electron chi connectivity index (χ1n) is 4.27. The van der Waals surface area contributed by atoms with Gasteiger partial charge in [-0.3, -0.25) is 0 Å². The Hall–Kier alpha value is -1.29. The lowest BCUT2D eigenvalue weighted by Crippen LogP contribution is -2.02. The van der Waals surface area contributed by atoms with Crippen molar-refractivity contribution in [2.75, 3.05) is 7.11 Å². The van der Waals surface area contributed by atoms with E-state index in [2.05, 4.69) is 27.2 Å². The van der Waals surface area contributed by atoms with Crippen LogP contribution in [-0.4, -0.2) is 13.1 Å². The molecule has 80 valence electrons. The summed E-state index contributed by atoms with van der Waals surface area (Å²) < 4.78 is 9.80. The molecule has 0 bridgehead atoms. The van der Waals surface area contributed by atoms with E-state index in [1.807, 2.05) is 0 Å². The molecule has 1 aromatic carbocycles. The number of rotatable bonds is 4. The zero-order valence-corrected chi connectivity index (χ0v) is 9.91. The highest BCUT2D eigenvalue weighted by Crippen LogP contribution is 2.23. The minimum absolute atomic E-state index is 0.359. The molecule has 0 radical (unpaired) electrons. The molecule has 0 N–H and O–H groups in total. The average Bonchev–Trinajstić information content (AvgIpc) is 2.29. The van der Waals surface area contributed by atoms with Crippen LogP contribution >= 0.6 is 15.9 Å². The lowest BCUT2D eigenvalue weighted by Gasteiger charge is -2.07. The first kappa shape index (κ1) is 11.8. The van der Waals surface area contributed by atoms with Gasteiger partial charge in [-0.2, -0.15) is 0 Å². The van der Waals surface area contributed by atoms with E-state index in [1.165, 1.54) is 13.4 Å². The molecule has 0 unspecified atom stereocenters. The van der Waals surface area contributed by atoms with E-state index in [9.17, 15) is 4.79 Å². The van der Waals surface area contributed by atoms with Gasteiger partial charge in [0.1, 0.15) is 5.75 Å². The Morgan fingerprint density at radius 1 is 1.60 bits per heavy atom. The predicted octanol–water partition coefficient (Wildman–Crippen LogP) is 2.89. The van der Waals surface area contributed by atoms with Crippen LogP contribution in [-0.2, 0) is 10.1 Å². The monoisotopic (exact) mass is 270 g/mol. The van der Waals surface area contributed by atoms with Crippen LogP contribution in [0.2, 0.25) is 0 Å². The SMILES string of the molecule is C=COc1ccc(C(=O)OC)cc1CBr. The molecule has 0 aromatic heterocycles. The summed E-state index contributed by atoms with van der Waals surface area (Å²) in [5, 5.41) is 0.598. The van der Waals surface area contributed by atoms with Crippen molar-refractivity contribution in [3.8, 4) is 5.75 Å². The topological polar surface area (TPSA) is 35.5 Å². The molecular weight excluding hydrogens is 260 g/mol. The Morgan fingerprint density at radius 2 is 2.33 bits per heavy atom. The molecule has 0 saturated heterocycles. The molecule has 4 heteroatoms. The van der Waals surface area contributed by atoms with Crippen molar-refractivity contribution in [2.45, 2.75) is 5.33 Å². The van der Waals surface area contributed by atoms with Crippen LogP contribution in [0, 0.1) is 0 Å². The van der Waals surface area contributed by atoms with Gasteiger partial charge in [-0.1, -0.05) is 22.5 Å². The molecule has 0 spiro atoms. The highest BCUT2D eigenvalue weighted by molar-refractivity contribution is 9.08. The number of ether oxygens (including phenoxy) is 2. The number of hydrogen-bond donors (Lipinski definition) is 0. The highest BCUT2D eigenvalue weighted by atomic mass is 79.9. The summed E-state index contributed by atoms with van der Waals surface area (Å²) in [6.07, 6.45) is 1.35. The predicted molar refractivity (Wildman–Crippen MR) is 61.2 cm³/mol. The van der Waals surface area contributed by atoms with Crippen LogP contribution in [0.4, 0.5) is 0 Å². The molecule has 0 heterocycles. The van der Waals surface area contributed by atoms with Crippen LogP contribution in [0.3, 0.4) is 0 Å². The zero-order valence-electron chi connectivity index (χ0n) is 8.33. The van der Waals surface area contributed by atoms with Crippen LogP contribution in [0.15, 0.2) is 31.0 Å². The summed E-state index contributed by atoms with van der Waals surface area (Å²) in [5.41, 5.74) is 1.38. The molecule has 0 aliphatic carbocycles. The van der Waals surface area contributed by atoms with Gasteiger partial charge in [0, 0.05) is 10.9 Å². The van der Waals surface area contributed by atoms with E-state index >= 15 is 0 Å². The second-order valence-corrected chi connectivity index (χ2v) is 3.29. The number of hydrogen-bond acceptors (Lipinski definition) is 3. The maximum atomic E-state index is 11.3. The van der Waals surface area contributed by atoms with Crippen molar-refractivity contribution in [2.24, 2.45) is 0 Å². The van der Waals surface area contributed by atoms with Gasteiger partial charge in [0.2, 0.25) is 0 Å². The van der Waals surface area contributed by atoms with Crippen LogP contribution in [0.25, 0.3) is 0 Å². The lowest BCUT2D eigenvalue weighted by molar-refractivity contribution is 0.0600. The van der Waals surface area contributed by atoms with Gasteiger partial charge in [0.25, 0.3) is 0 Å². The number of benzene rings is 1. The minimum Gasteiger partial charge on any atom is -0.465 e. The number of alkyl halides is 1. The van der Waals surface area contributed by atoms with E-state index in [0.717, 1.165) is 5.56 Å². The van der Waals surface area contributed by atoms with Crippen molar-refractivity contribution < 1.29 is 14.3 Å². The van der Waals surface area contributed by atoms with Crippen molar-refractivity contribution in [3.63, 3.8) is 0 Å². The molecule has 3 nitrogen and oxygen atoms in total. The third kappa shape index (κ3) is 2.83. The normalized spacial score (nSPS) is 9.47. The number of halogens is 1.